The van der Waals surface area contributed by atoms with Gasteiger partial charge in [0.05, 0.1) is 0 Å². The molecule has 2 nitrogen and oxygen atoms in total. The van der Waals surface area contributed by atoms with Crippen LogP contribution in [0.25, 0.3) is 0 Å². The lowest BCUT2D eigenvalue weighted by Crippen LogP contribution is -2.15. The van der Waals surface area contributed by atoms with Crippen molar-refractivity contribution < 1.29 is 0 Å². The Kier molecular flexibility index (Phi) is 4.79. The van der Waals surface area contributed by atoms with Gasteiger partial charge in [-0.25, -0.2) is 0 Å². The summed E-state index contributed by atoms with van der Waals surface area (Å²) in [6, 6.07) is 8.16. The number of nitrogens with one attached hydrogen (secondary N) is 1. The molecule has 0 radical (unpaired) electrons. The Morgan fingerprint density at radius 3 is 2.61 bits per heavy atom. The van der Waals surface area contributed by atoms with Crippen molar-refractivity contribution in [3.05, 3.63) is 51.7 Å². The molecule has 0 aliphatic carbocycles. The zero-order valence-corrected chi connectivity index (χ0v) is 11.6. The molecule has 0 unspecified atom stereocenters. The van der Waals surface area contributed by atoms with Crippen LogP contribution in [0.1, 0.15) is 23.1 Å². The van der Waals surface area contributed by atoms with Gasteiger partial charge in [-0.3, -0.25) is 0 Å². The molecule has 2 rings (SSSR count). The van der Waals surface area contributed by atoms with Crippen molar-refractivity contribution in [1.82, 2.24) is 5.32 Å². The largest absolute Gasteiger partial charge is 0.399 e. The maximum absolute atomic E-state index is 5.66. The van der Waals surface area contributed by atoms with Crippen LogP contribution >= 0.6 is 11.3 Å². The first-order valence-corrected chi connectivity index (χ1v) is 7.27. The highest BCUT2D eigenvalue weighted by Gasteiger charge is 1.98. The van der Waals surface area contributed by atoms with Gasteiger partial charge in [0.1, 0.15) is 0 Å². The Labute approximate surface area is 113 Å². The molecule has 0 bridgehead atoms. The summed E-state index contributed by atoms with van der Waals surface area (Å²) in [4.78, 5) is 0. The molecule has 18 heavy (non-hydrogen) atoms. The summed E-state index contributed by atoms with van der Waals surface area (Å²) in [5.74, 6) is 0. The van der Waals surface area contributed by atoms with E-state index in [0.29, 0.717) is 0 Å². The van der Waals surface area contributed by atoms with Crippen molar-refractivity contribution in [2.24, 2.45) is 0 Å². The minimum absolute atomic E-state index is 0.838. The van der Waals surface area contributed by atoms with E-state index in [2.05, 4.69) is 35.1 Å². The van der Waals surface area contributed by atoms with Gasteiger partial charge >= 0.3 is 0 Å². The van der Waals surface area contributed by atoms with Gasteiger partial charge < -0.3 is 11.1 Å². The van der Waals surface area contributed by atoms with Crippen molar-refractivity contribution in [2.45, 2.75) is 26.3 Å². The topological polar surface area (TPSA) is 38.0 Å². The third kappa shape index (κ3) is 3.86. The van der Waals surface area contributed by atoms with Gasteiger partial charge in [0.15, 0.2) is 0 Å². The summed E-state index contributed by atoms with van der Waals surface area (Å²) in [7, 11) is 0. The van der Waals surface area contributed by atoms with Crippen LogP contribution < -0.4 is 11.1 Å². The first-order valence-electron chi connectivity index (χ1n) is 6.32. The predicted molar refractivity (Wildman–Crippen MR) is 79.9 cm³/mol. The van der Waals surface area contributed by atoms with Crippen LogP contribution in [-0.4, -0.2) is 6.54 Å². The molecule has 1 heterocycles. The minimum atomic E-state index is 0.838. The van der Waals surface area contributed by atoms with E-state index in [9.17, 15) is 0 Å². The second-order valence-corrected chi connectivity index (χ2v) is 5.35. The molecular formula is C15H20N2S. The van der Waals surface area contributed by atoms with E-state index in [-0.39, 0.29) is 0 Å². The molecule has 0 aliphatic heterocycles. The highest BCUT2D eigenvalue weighted by molar-refractivity contribution is 7.08. The molecule has 0 spiro atoms. The van der Waals surface area contributed by atoms with Crippen LogP contribution in [0.2, 0.25) is 0 Å². The SMILES string of the molecule is Cc1cscc1CNCCCc1ccc(N)cc1. The maximum atomic E-state index is 5.66. The zero-order valence-electron chi connectivity index (χ0n) is 10.8. The van der Waals surface area contributed by atoms with Gasteiger partial charge in [-0.2, -0.15) is 11.3 Å². The number of aryl methyl sites for hydroxylation is 2. The van der Waals surface area contributed by atoms with Crippen molar-refractivity contribution in [3.63, 3.8) is 0 Å². The molecule has 3 N–H and O–H groups in total. The lowest BCUT2D eigenvalue weighted by molar-refractivity contribution is 0.649. The first kappa shape index (κ1) is 13.1. The molecule has 96 valence electrons. The van der Waals surface area contributed by atoms with Crippen LogP contribution in [0.3, 0.4) is 0 Å². The minimum Gasteiger partial charge on any atom is -0.399 e. The molecule has 2 aromatic rings. The van der Waals surface area contributed by atoms with Gasteiger partial charge in [-0.05, 0) is 65.9 Å². The summed E-state index contributed by atoms with van der Waals surface area (Å²) in [6.07, 6.45) is 2.27. The Bertz CT molecular complexity index is 473. The summed E-state index contributed by atoms with van der Waals surface area (Å²) < 4.78 is 0. The van der Waals surface area contributed by atoms with Gasteiger partial charge in [0.25, 0.3) is 0 Å². The summed E-state index contributed by atoms with van der Waals surface area (Å²) >= 11 is 1.78. The Morgan fingerprint density at radius 1 is 1.17 bits per heavy atom. The van der Waals surface area contributed by atoms with Crippen LogP contribution in [0, 0.1) is 6.92 Å². The maximum Gasteiger partial charge on any atom is 0.0314 e. The molecule has 0 saturated carbocycles. The average molecular weight is 260 g/mol. The van der Waals surface area contributed by atoms with Crippen molar-refractivity contribution in [3.8, 4) is 0 Å². The smallest absolute Gasteiger partial charge is 0.0314 e. The van der Waals surface area contributed by atoms with Crippen molar-refractivity contribution in [1.29, 1.82) is 0 Å². The quantitative estimate of drug-likeness (QED) is 0.617. The number of anilines is 1. The second kappa shape index (κ2) is 6.57. The van der Waals surface area contributed by atoms with Crippen molar-refractivity contribution in [2.75, 3.05) is 12.3 Å². The normalized spacial score (nSPS) is 10.7. The number of hydrogen-bond donors (Lipinski definition) is 2. The third-order valence-corrected chi connectivity index (χ3v) is 3.99. The van der Waals surface area contributed by atoms with E-state index in [1.54, 1.807) is 11.3 Å². The lowest BCUT2D eigenvalue weighted by atomic mass is 10.1. The van der Waals surface area contributed by atoms with Gasteiger partial charge in [0.2, 0.25) is 0 Å². The van der Waals surface area contributed by atoms with Crippen LogP contribution in [0.4, 0.5) is 5.69 Å². The lowest BCUT2D eigenvalue weighted by Gasteiger charge is -2.05. The molecular weight excluding hydrogens is 240 g/mol. The first-order chi connectivity index (χ1) is 8.75. The number of nitrogen functional groups attached to an aromatic ring is 1. The fourth-order valence-electron chi connectivity index (χ4n) is 1.89. The van der Waals surface area contributed by atoms with E-state index in [1.165, 1.54) is 16.7 Å². The monoisotopic (exact) mass is 260 g/mol. The highest BCUT2D eigenvalue weighted by Crippen LogP contribution is 2.13. The summed E-state index contributed by atoms with van der Waals surface area (Å²) in [5, 5.41) is 7.92. The van der Waals surface area contributed by atoms with Crippen molar-refractivity contribution >= 4 is 17.0 Å². The standard InChI is InChI=1S/C15H20N2S/c1-12-10-18-11-14(12)9-17-8-2-3-13-4-6-15(16)7-5-13/h4-7,10-11,17H,2-3,8-9,16H2,1H3. The van der Waals surface area contributed by atoms with E-state index in [4.69, 9.17) is 5.73 Å². The van der Waals surface area contributed by atoms with Crippen LogP contribution in [0.15, 0.2) is 35.0 Å². The van der Waals surface area contributed by atoms with Crippen LogP contribution in [0.5, 0.6) is 0 Å². The van der Waals surface area contributed by atoms with Crippen LogP contribution in [-0.2, 0) is 13.0 Å². The van der Waals surface area contributed by atoms with E-state index >= 15 is 0 Å². The number of thiophene rings is 1. The van der Waals surface area contributed by atoms with Gasteiger partial charge in [-0.1, -0.05) is 12.1 Å². The van der Waals surface area contributed by atoms with E-state index in [0.717, 1.165) is 31.6 Å². The average Bonchev–Trinajstić information content (AvgIpc) is 2.77. The van der Waals surface area contributed by atoms with E-state index < -0.39 is 0 Å². The number of nitrogens with two attached hydrogens (primary N) is 1. The second-order valence-electron chi connectivity index (χ2n) is 4.60. The molecule has 0 fully saturated rings. The zero-order chi connectivity index (χ0) is 12.8. The molecule has 1 aromatic heterocycles. The Morgan fingerprint density at radius 2 is 1.94 bits per heavy atom. The third-order valence-electron chi connectivity index (χ3n) is 3.08. The Balaban J connectivity index is 1.64. The molecule has 0 aliphatic rings. The van der Waals surface area contributed by atoms with Gasteiger partial charge in [0, 0.05) is 12.2 Å². The fraction of sp³-hybridized carbons (Fsp3) is 0.333. The number of benzene rings is 1. The highest BCUT2D eigenvalue weighted by atomic mass is 32.1. The van der Waals surface area contributed by atoms with Gasteiger partial charge in [-0.15, -0.1) is 0 Å². The summed E-state index contributed by atoms with van der Waals surface area (Å²) in [5.41, 5.74) is 10.7. The molecule has 0 saturated heterocycles. The number of rotatable bonds is 6. The Hall–Kier alpha value is -1.32. The summed E-state index contributed by atoms with van der Waals surface area (Å²) in [6.45, 7) is 4.21. The molecule has 1 aromatic carbocycles. The fourth-order valence-corrected chi connectivity index (χ4v) is 2.75. The predicted octanol–water partition coefficient (Wildman–Crippen LogP) is 3.36. The molecule has 0 atom stereocenters. The van der Waals surface area contributed by atoms with E-state index in [1.807, 2.05) is 12.1 Å². The molecule has 0 amide bonds. The number of hydrogen-bond acceptors (Lipinski definition) is 3. The molecule has 3 heteroatoms.